The second kappa shape index (κ2) is 5.68. The number of nitrogens with zero attached hydrogens (tertiary/aromatic N) is 2. The quantitative estimate of drug-likeness (QED) is 0.806. The van der Waals surface area contributed by atoms with Crippen LogP contribution in [0.25, 0.3) is 0 Å². The summed E-state index contributed by atoms with van der Waals surface area (Å²) >= 11 is 0. The van der Waals surface area contributed by atoms with Crippen LogP contribution in [-0.4, -0.2) is 60.6 Å². The molecule has 2 rings (SSSR count). The molecule has 2 saturated heterocycles. The van der Waals surface area contributed by atoms with Crippen LogP contribution in [0.5, 0.6) is 0 Å². The second-order valence-electron chi connectivity index (χ2n) is 6.58. The monoisotopic (exact) mass is 239 g/mol. The van der Waals surface area contributed by atoms with Gasteiger partial charge in [0, 0.05) is 37.8 Å². The SMILES string of the molecule is CC(C)(C)N1CCN(CCC2CCCN2)CC1. The Morgan fingerprint density at radius 3 is 2.35 bits per heavy atom. The number of nitrogens with one attached hydrogen (secondary N) is 1. The molecule has 3 heteroatoms. The first-order valence-corrected chi connectivity index (χ1v) is 7.26. The minimum Gasteiger partial charge on any atom is -0.314 e. The summed E-state index contributed by atoms with van der Waals surface area (Å²) in [5.74, 6) is 0. The summed E-state index contributed by atoms with van der Waals surface area (Å²) in [4.78, 5) is 5.25. The van der Waals surface area contributed by atoms with Crippen molar-refractivity contribution in [2.45, 2.75) is 51.6 Å². The van der Waals surface area contributed by atoms with Crippen LogP contribution in [0, 0.1) is 0 Å². The molecule has 1 atom stereocenters. The van der Waals surface area contributed by atoms with Crippen molar-refractivity contribution in [1.82, 2.24) is 15.1 Å². The van der Waals surface area contributed by atoms with E-state index in [4.69, 9.17) is 0 Å². The van der Waals surface area contributed by atoms with Gasteiger partial charge in [0.1, 0.15) is 0 Å². The summed E-state index contributed by atoms with van der Waals surface area (Å²) in [6, 6.07) is 0.802. The molecule has 0 spiro atoms. The normalized spacial score (nSPS) is 28.8. The Kier molecular flexibility index (Phi) is 4.45. The van der Waals surface area contributed by atoms with Gasteiger partial charge in [-0.2, -0.15) is 0 Å². The molecule has 0 aliphatic carbocycles. The van der Waals surface area contributed by atoms with Crippen molar-refractivity contribution in [2.75, 3.05) is 39.3 Å². The molecular formula is C14H29N3. The molecule has 0 aromatic carbocycles. The molecular weight excluding hydrogens is 210 g/mol. The Morgan fingerprint density at radius 1 is 1.12 bits per heavy atom. The van der Waals surface area contributed by atoms with Crippen LogP contribution in [0.3, 0.4) is 0 Å². The zero-order valence-electron chi connectivity index (χ0n) is 11.8. The lowest BCUT2D eigenvalue weighted by Gasteiger charge is -2.42. The number of hydrogen-bond donors (Lipinski definition) is 1. The summed E-state index contributed by atoms with van der Waals surface area (Å²) < 4.78 is 0. The Balaban J connectivity index is 1.65. The third-order valence-corrected chi connectivity index (χ3v) is 4.28. The van der Waals surface area contributed by atoms with Crippen LogP contribution in [0.2, 0.25) is 0 Å². The van der Waals surface area contributed by atoms with E-state index in [1.807, 2.05) is 0 Å². The van der Waals surface area contributed by atoms with E-state index in [-0.39, 0.29) is 0 Å². The summed E-state index contributed by atoms with van der Waals surface area (Å²) in [5.41, 5.74) is 0.346. The molecule has 1 unspecified atom stereocenters. The highest BCUT2D eigenvalue weighted by Gasteiger charge is 2.26. The fraction of sp³-hybridized carbons (Fsp3) is 1.00. The zero-order chi connectivity index (χ0) is 12.3. The molecule has 3 nitrogen and oxygen atoms in total. The number of hydrogen-bond acceptors (Lipinski definition) is 3. The summed E-state index contributed by atoms with van der Waals surface area (Å²) in [7, 11) is 0. The molecule has 0 aromatic rings. The van der Waals surface area contributed by atoms with Crippen LogP contribution in [0.4, 0.5) is 0 Å². The highest BCUT2D eigenvalue weighted by Crippen LogP contribution is 2.16. The largest absolute Gasteiger partial charge is 0.314 e. The lowest BCUT2D eigenvalue weighted by molar-refractivity contribution is 0.0609. The fourth-order valence-electron chi connectivity index (χ4n) is 2.98. The van der Waals surface area contributed by atoms with Crippen molar-refractivity contribution in [3.8, 4) is 0 Å². The molecule has 2 heterocycles. The van der Waals surface area contributed by atoms with E-state index >= 15 is 0 Å². The predicted octanol–water partition coefficient (Wildman–Crippen LogP) is 1.54. The lowest BCUT2D eigenvalue weighted by atomic mass is 10.0. The van der Waals surface area contributed by atoms with Gasteiger partial charge in [0.05, 0.1) is 0 Å². The van der Waals surface area contributed by atoms with Crippen LogP contribution >= 0.6 is 0 Å². The Morgan fingerprint density at radius 2 is 1.82 bits per heavy atom. The summed E-state index contributed by atoms with van der Waals surface area (Å²) in [6.07, 6.45) is 4.11. The van der Waals surface area contributed by atoms with Gasteiger partial charge in [-0.25, -0.2) is 0 Å². The standard InChI is InChI=1S/C14H29N3/c1-14(2,3)17-11-9-16(10-12-17)8-6-13-5-4-7-15-13/h13,15H,4-12H2,1-3H3. The van der Waals surface area contributed by atoms with Gasteiger partial charge in [0.15, 0.2) is 0 Å². The number of piperazine rings is 1. The summed E-state index contributed by atoms with van der Waals surface area (Å²) in [6.45, 7) is 14.5. The molecule has 0 saturated carbocycles. The van der Waals surface area contributed by atoms with E-state index in [1.54, 1.807) is 0 Å². The highest BCUT2D eigenvalue weighted by molar-refractivity contribution is 4.83. The van der Waals surface area contributed by atoms with Gasteiger partial charge in [0.2, 0.25) is 0 Å². The minimum atomic E-state index is 0.346. The summed E-state index contributed by atoms with van der Waals surface area (Å²) in [5, 5.41) is 3.59. The van der Waals surface area contributed by atoms with E-state index in [1.165, 1.54) is 58.5 Å². The van der Waals surface area contributed by atoms with E-state index in [9.17, 15) is 0 Å². The van der Waals surface area contributed by atoms with Crippen molar-refractivity contribution in [1.29, 1.82) is 0 Å². The molecule has 0 aromatic heterocycles. The van der Waals surface area contributed by atoms with Crippen LogP contribution in [0.1, 0.15) is 40.0 Å². The average Bonchev–Trinajstić information content (AvgIpc) is 2.78. The molecule has 17 heavy (non-hydrogen) atoms. The smallest absolute Gasteiger partial charge is 0.0126 e. The maximum Gasteiger partial charge on any atom is 0.0126 e. The molecule has 2 aliphatic heterocycles. The minimum absolute atomic E-state index is 0.346. The number of rotatable bonds is 3. The molecule has 100 valence electrons. The average molecular weight is 239 g/mol. The van der Waals surface area contributed by atoms with E-state index in [0.717, 1.165) is 6.04 Å². The molecule has 2 aliphatic rings. The third-order valence-electron chi connectivity index (χ3n) is 4.28. The van der Waals surface area contributed by atoms with E-state index in [0.29, 0.717) is 5.54 Å². The van der Waals surface area contributed by atoms with Gasteiger partial charge in [0.25, 0.3) is 0 Å². The second-order valence-corrected chi connectivity index (χ2v) is 6.58. The zero-order valence-corrected chi connectivity index (χ0v) is 11.8. The molecule has 2 fully saturated rings. The van der Waals surface area contributed by atoms with E-state index < -0.39 is 0 Å². The van der Waals surface area contributed by atoms with Gasteiger partial charge < -0.3 is 10.2 Å². The van der Waals surface area contributed by atoms with Crippen molar-refractivity contribution in [3.63, 3.8) is 0 Å². The van der Waals surface area contributed by atoms with Crippen molar-refractivity contribution in [3.05, 3.63) is 0 Å². The van der Waals surface area contributed by atoms with Gasteiger partial charge in [-0.3, -0.25) is 4.90 Å². The Bertz CT molecular complexity index is 220. The van der Waals surface area contributed by atoms with Gasteiger partial charge in [-0.05, 0) is 53.1 Å². The first-order chi connectivity index (χ1) is 8.05. The van der Waals surface area contributed by atoms with Crippen molar-refractivity contribution >= 4 is 0 Å². The van der Waals surface area contributed by atoms with Crippen molar-refractivity contribution in [2.24, 2.45) is 0 Å². The van der Waals surface area contributed by atoms with Gasteiger partial charge in [-0.1, -0.05) is 0 Å². The first kappa shape index (κ1) is 13.3. The highest BCUT2D eigenvalue weighted by atomic mass is 15.3. The predicted molar refractivity (Wildman–Crippen MR) is 73.4 cm³/mol. The first-order valence-electron chi connectivity index (χ1n) is 7.26. The van der Waals surface area contributed by atoms with E-state index in [2.05, 4.69) is 35.9 Å². The van der Waals surface area contributed by atoms with Crippen LogP contribution < -0.4 is 5.32 Å². The maximum absolute atomic E-state index is 3.59. The molecule has 0 radical (unpaired) electrons. The Labute approximate surface area is 107 Å². The van der Waals surface area contributed by atoms with Crippen molar-refractivity contribution < 1.29 is 0 Å². The maximum atomic E-state index is 3.59. The molecule has 0 amide bonds. The van der Waals surface area contributed by atoms with Crippen LogP contribution in [-0.2, 0) is 0 Å². The fourth-order valence-corrected chi connectivity index (χ4v) is 2.98. The lowest BCUT2D eigenvalue weighted by Crippen LogP contribution is -2.53. The topological polar surface area (TPSA) is 18.5 Å². The van der Waals surface area contributed by atoms with Crippen LogP contribution in [0.15, 0.2) is 0 Å². The van der Waals surface area contributed by atoms with Gasteiger partial charge >= 0.3 is 0 Å². The molecule has 1 N–H and O–H groups in total. The van der Waals surface area contributed by atoms with Gasteiger partial charge in [-0.15, -0.1) is 0 Å². The third kappa shape index (κ3) is 3.94. The Hall–Kier alpha value is -0.120. The molecule has 0 bridgehead atoms.